The Kier molecular flexibility index (Phi) is 2.93. The van der Waals surface area contributed by atoms with Crippen LogP contribution in [0.25, 0.3) is 11.1 Å². The molecule has 0 aliphatic carbocycles. The van der Waals surface area contributed by atoms with Gasteiger partial charge in [0, 0.05) is 5.56 Å². The van der Waals surface area contributed by atoms with Crippen molar-refractivity contribution in [2.75, 3.05) is 0 Å². The van der Waals surface area contributed by atoms with E-state index in [0.29, 0.717) is 0 Å². The van der Waals surface area contributed by atoms with E-state index < -0.39 is 5.97 Å². The second-order valence-electron chi connectivity index (χ2n) is 3.57. The number of carbonyl (C=O) groups is 1. The Morgan fingerprint density at radius 1 is 1.06 bits per heavy atom. The van der Waals surface area contributed by atoms with Crippen LogP contribution in [0.4, 0.5) is 0 Å². The van der Waals surface area contributed by atoms with E-state index in [1.54, 1.807) is 24.3 Å². The third-order valence-electron chi connectivity index (χ3n) is 2.53. The van der Waals surface area contributed by atoms with Crippen LogP contribution in [0.15, 0.2) is 48.5 Å². The van der Waals surface area contributed by atoms with Gasteiger partial charge in [0.05, 0.1) is 5.56 Å². The van der Waals surface area contributed by atoms with Crippen LogP contribution in [0.1, 0.15) is 15.9 Å². The molecule has 0 aromatic heterocycles. The quantitative estimate of drug-likeness (QED) is 0.793. The zero-order valence-electron chi connectivity index (χ0n) is 9.05. The Morgan fingerprint density at radius 3 is 2.29 bits per heavy atom. The Balaban J connectivity index is 2.47. The lowest BCUT2D eigenvalue weighted by atomic mass is 9.99. The molecule has 2 rings (SSSR count). The number of rotatable bonds is 2. The van der Waals surface area contributed by atoms with Gasteiger partial charge < -0.3 is 5.11 Å². The van der Waals surface area contributed by atoms with Crippen molar-refractivity contribution in [3.63, 3.8) is 0 Å². The van der Waals surface area contributed by atoms with Gasteiger partial charge in [-0.3, -0.25) is 0 Å². The number of terminal acetylenes is 1. The second-order valence-corrected chi connectivity index (χ2v) is 3.57. The lowest BCUT2D eigenvalue weighted by molar-refractivity contribution is 0.0697. The summed E-state index contributed by atoms with van der Waals surface area (Å²) < 4.78 is 0. The summed E-state index contributed by atoms with van der Waals surface area (Å²) in [4.78, 5) is 10.7. The summed E-state index contributed by atoms with van der Waals surface area (Å²) in [5, 5.41) is 8.81. The Labute approximate surface area is 99.5 Å². The highest BCUT2D eigenvalue weighted by atomic mass is 16.4. The minimum atomic E-state index is -0.929. The highest BCUT2D eigenvalue weighted by Crippen LogP contribution is 2.23. The maximum Gasteiger partial charge on any atom is 0.335 e. The summed E-state index contributed by atoms with van der Waals surface area (Å²) in [5.41, 5.74) is 2.93. The normalized spacial score (nSPS) is 9.59. The van der Waals surface area contributed by atoms with Gasteiger partial charge in [-0.25, -0.2) is 4.79 Å². The Morgan fingerprint density at radius 2 is 1.71 bits per heavy atom. The zero-order chi connectivity index (χ0) is 12.3. The van der Waals surface area contributed by atoms with Gasteiger partial charge in [-0.1, -0.05) is 36.3 Å². The maximum atomic E-state index is 10.7. The van der Waals surface area contributed by atoms with E-state index in [9.17, 15) is 4.79 Å². The van der Waals surface area contributed by atoms with Crippen molar-refractivity contribution in [3.8, 4) is 23.5 Å². The molecule has 0 radical (unpaired) electrons. The number of carboxylic acid groups (broad SMARTS) is 1. The molecule has 2 heteroatoms. The smallest absolute Gasteiger partial charge is 0.335 e. The van der Waals surface area contributed by atoms with E-state index >= 15 is 0 Å². The van der Waals surface area contributed by atoms with Crippen LogP contribution in [-0.4, -0.2) is 11.1 Å². The first-order valence-electron chi connectivity index (χ1n) is 5.12. The van der Waals surface area contributed by atoms with Gasteiger partial charge in [0.15, 0.2) is 0 Å². The molecule has 0 aliphatic heterocycles. The number of carboxylic acids is 1. The summed E-state index contributed by atoms with van der Waals surface area (Å²) >= 11 is 0. The topological polar surface area (TPSA) is 37.3 Å². The number of benzene rings is 2. The van der Waals surface area contributed by atoms with Crippen molar-refractivity contribution in [1.82, 2.24) is 0 Å². The molecular formula is C15H10O2. The lowest BCUT2D eigenvalue weighted by Crippen LogP contribution is -1.95. The Hall–Kier alpha value is -2.53. The van der Waals surface area contributed by atoms with Gasteiger partial charge in [0.2, 0.25) is 0 Å². The third-order valence-corrected chi connectivity index (χ3v) is 2.53. The predicted molar refractivity (Wildman–Crippen MR) is 66.8 cm³/mol. The van der Waals surface area contributed by atoms with Crippen LogP contribution >= 0.6 is 0 Å². The van der Waals surface area contributed by atoms with Gasteiger partial charge >= 0.3 is 5.97 Å². The summed E-state index contributed by atoms with van der Waals surface area (Å²) in [6.07, 6.45) is 5.42. The van der Waals surface area contributed by atoms with Crippen LogP contribution in [0.2, 0.25) is 0 Å². The van der Waals surface area contributed by atoms with E-state index in [1.165, 1.54) is 0 Å². The van der Waals surface area contributed by atoms with E-state index in [-0.39, 0.29) is 5.56 Å². The standard InChI is InChI=1S/C15H10O2/c1-2-11-5-3-4-6-14(11)12-7-9-13(10-8-12)15(16)17/h1,3-10H,(H,16,17). The van der Waals surface area contributed by atoms with Crippen molar-refractivity contribution in [1.29, 1.82) is 0 Å². The fourth-order valence-electron chi connectivity index (χ4n) is 1.65. The molecule has 0 bridgehead atoms. The first-order chi connectivity index (χ1) is 8.22. The van der Waals surface area contributed by atoms with Crippen molar-refractivity contribution in [3.05, 3.63) is 59.7 Å². The van der Waals surface area contributed by atoms with Gasteiger partial charge in [-0.2, -0.15) is 0 Å². The van der Waals surface area contributed by atoms with Gasteiger partial charge in [0.25, 0.3) is 0 Å². The fourth-order valence-corrected chi connectivity index (χ4v) is 1.65. The molecule has 0 spiro atoms. The summed E-state index contributed by atoms with van der Waals surface area (Å²) in [7, 11) is 0. The summed E-state index contributed by atoms with van der Waals surface area (Å²) in [5.74, 6) is 1.69. The Bertz CT molecular complexity index is 589. The lowest BCUT2D eigenvalue weighted by Gasteiger charge is -2.05. The minimum absolute atomic E-state index is 0.270. The molecule has 1 N–H and O–H groups in total. The van der Waals surface area contributed by atoms with E-state index in [2.05, 4.69) is 5.92 Å². The van der Waals surface area contributed by atoms with Crippen molar-refractivity contribution < 1.29 is 9.90 Å². The second kappa shape index (κ2) is 4.54. The van der Waals surface area contributed by atoms with Crippen LogP contribution in [0.3, 0.4) is 0 Å². The molecule has 0 heterocycles. The molecule has 0 saturated carbocycles. The summed E-state index contributed by atoms with van der Waals surface area (Å²) in [6, 6.07) is 14.2. The van der Waals surface area contributed by atoms with Crippen molar-refractivity contribution in [2.24, 2.45) is 0 Å². The summed E-state index contributed by atoms with van der Waals surface area (Å²) in [6.45, 7) is 0. The molecule has 2 aromatic carbocycles. The molecule has 0 fully saturated rings. The zero-order valence-corrected chi connectivity index (χ0v) is 9.05. The van der Waals surface area contributed by atoms with Gasteiger partial charge in [0.1, 0.15) is 0 Å². The van der Waals surface area contributed by atoms with Gasteiger partial charge in [-0.15, -0.1) is 6.42 Å². The molecule has 2 aromatic rings. The van der Waals surface area contributed by atoms with Crippen LogP contribution in [0, 0.1) is 12.3 Å². The molecule has 0 aliphatic rings. The molecule has 17 heavy (non-hydrogen) atoms. The van der Waals surface area contributed by atoms with Crippen LogP contribution in [-0.2, 0) is 0 Å². The molecule has 0 unspecified atom stereocenters. The maximum absolute atomic E-state index is 10.7. The van der Waals surface area contributed by atoms with E-state index in [4.69, 9.17) is 11.5 Å². The molecule has 2 nitrogen and oxygen atoms in total. The number of aromatic carboxylic acids is 1. The van der Waals surface area contributed by atoms with E-state index in [1.807, 2.05) is 24.3 Å². The first-order valence-corrected chi connectivity index (χ1v) is 5.12. The SMILES string of the molecule is C#Cc1ccccc1-c1ccc(C(=O)O)cc1. The average molecular weight is 222 g/mol. The molecule has 82 valence electrons. The molecule has 0 saturated heterocycles. The van der Waals surface area contributed by atoms with Crippen LogP contribution < -0.4 is 0 Å². The minimum Gasteiger partial charge on any atom is -0.478 e. The highest BCUT2D eigenvalue weighted by Gasteiger charge is 2.05. The fraction of sp³-hybridized carbons (Fsp3) is 0. The highest BCUT2D eigenvalue weighted by molar-refractivity contribution is 5.88. The predicted octanol–water partition coefficient (Wildman–Crippen LogP) is 3.03. The number of hydrogen-bond donors (Lipinski definition) is 1. The van der Waals surface area contributed by atoms with Crippen LogP contribution in [0.5, 0.6) is 0 Å². The van der Waals surface area contributed by atoms with E-state index in [0.717, 1.165) is 16.7 Å². The molecule has 0 amide bonds. The first kappa shape index (κ1) is 11.0. The van der Waals surface area contributed by atoms with Crippen molar-refractivity contribution >= 4 is 5.97 Å². The third kappa shape index (κ3) is 2.19. The average Bonchev–Trinajstić information content (AvgIpc) is 2.39. The monoisotopic (exact) mass is 222 g/mol. The molecule has 0 atom stereocenters. The largest absolute Gasteiger partial charge is 0.478 e. The van der Waals surface area contributed by atoms with Gasteiger partial charge in [-0.05, 0) is 29.3 Å². The molecular weight excluding hydrogens is 212 g/mol. The number of hydrogen-bond acceptors (Lipinski definition) is 1. The van der Waals surface area contributed by atoms with Crippen molar-refractivity contribution in [2.45, 2.75) is 0 Å².